The second-order valence-electron chi connectivity index (χ2n) is 6.57. The van der Waals surface area contributed by atoms with Crippen molar-refractivity contribution in [2.24, 2.45) is 0 Å². The third kappa shape index (κ3) is 4.00. The standard InChI is InChI=1S/C24H20N2O3S/c1-2-29-24(27)23-20(16-30-21-14-8-9-15-26(21)28)25-19-13-7-6-12-18(19)22(23)17-10-4-3-5-11-17/h3-15H,2,16H2,1H3. The van der Waals surface area contributed by atoms with Crippen LogP contribution in [0, 0.1) is 5.21 Å². The molecule has 0 atom stereocenters. The van der Waals surface area contributed by atoms with E-state index in [1.807, 2.05) is 60.7 Å². The first-order valence-electron chi connectivity index (χ1n) is 9.64. The first-order valence-corrected chi connectivity index (χ1v) is 10.6. The lowest BCUT2D eigenvalue weighted by molar-refractivity contribution is -0.645. The predicted molar refractivity (Wildman–Crippen MR) is 118 cm³/mol. The van der Waals surface area contributed by atoms with Gasteiger partial charge in [0.15, 0.2) is 6.20 Å². The number of pyridine rings is 2. The van der Waals surface area contributed by atoms with E-state index in [0.29, 0.717) is 22.0 Å². The Kier molecular flexibility index (Phi) is 5.95. The monoisotopic (exact) mass is 416 g/mol. The molecule has 0 spiro atoms. The summed E-state index contributed by atoms with van der Waals surface area (Å²) in [6, 6.07) is 22.8. The van der Waals surface area contributed by atoms with Crippen molar-refractivity contribution in [3.05, 3.63) is 95.5 Å². The van der Waals surface area contributed by atoms with Crippen LogP contribution in [0.4, 0.5) is 0 Å². The largest absolute Gasteiger partial charge is 0.618 e. The van der Waals surface area contributed by atoms with Crippen molar-refractivity contribution in [1.29, 1.82) is 0 Å². The van der Waals surface area contributed by atoms with Crippen LogP contribution in [-0.4, -0.2) is 17.6 Å². The van der Waals surface area contributed by atoms with Crippen molar-refractivity contribution in [1.82, 2.24) is 4.98 Å². The fraction of sp³-hybridized carbons (Fsp3) is 0.125. The minimum Gasteiger partial charge on any atom is -0.618 e. The van der Waals surface area contributed by atoms with Crippen LogP contribution in [-0.2, 0) is 10.5 Å². The molecule has 0 saturated heterocycles. The number of carbonyl (C=O) groups excluding carboxylic acids is 1. The number of para-hydroxylation sites is 1. The van der Waals surface area contributed by atoms with E-state index < -0.39 is 5.97 Å². The highest BCUT2D eigenvalue weighted by atomic mass is 32.2. The van der Waals surface area contributed by atoms with Gasteiger partial charge in [0.25, 0.3) is 5.03 Å². The molecule has 0 bridgehead atoms. The van der Waals surface area contributed by atoms with Crippen molar-refractivity contribution in [2.75, 3.05) is 6.61 Å². The molecule has 0 saturated carbocycles. The highest BCUT2D eigenvalue weighted by molar-refractivity contribution is 7.98. The second kappa shape index (κ2) is 8.97. The molecule has 2 aromatic carbocycles. The molecule has 0 aliphatic heterocycles. The zero-order valence-corrected chi connectivity index (χ0v) is 17.3. The molecule has 150 valence electrons. The van der Waals surface area contributed by atoms with Crippen molar-refractivity contribution in [3.8, 4) is 11.1 Å². The highest BCUT2D eigenvalue weighted by Crippen LogP contribution is 2.35. The smallest absolute Gasteiger partial charge is 0.340 e. The minimum absolute atomic E-state index is 0.270. The summed E-state index contributed by atoms with van der Waals surface area (Å²) in [6.07, 6.45) is 1.46. The molecule has 0 amide bonds. The molecule has 0 aliphatic rings. The van der Waals surface area contributed by atoms with E-state index in [1.54, 1.807) is 19.1 Å². The third-order valence-electron chi connectivity index (χ3n) is 4.65. The Morgan fingerprint density at radius 2 is 1.77 bits per heavy atom. The summed E-state index contributed by atoms with van der Waals surface area (Å²) in [5, 5.41) is 13.5. The number of fused-ring (bicyclic) bond motifs is 1. The van der Waals surface area contributed by atoms with Crippen LogP contribution in [0.2, 0.25) is 0 Å². The molecule has 0 N–H and O–H groups in total. The number of aromatic nitrogens is 2. The molecule has 5 nitrogen and oxygen atoms in total. The maximum atomic E-state index is 13.0. The molecule has 6 heteroatoms. The number of rotatable bonds is 6. The molecule has 0 radical (unpaired) electrons. The van der Waals surface area contributed by atoms with Gasteiger partial charge in [-0.1, -0.05) is 48.5 Å². The third-order valence-corrected chi connectivity index (χ3v) is 5.68. The lowest BCUT2D eigenvalue weighted by atomic mass is 9.94. The SMILES string of the molecule is CCOC(=O)c1c(CSc2cccc[n+]2[O-])nc2ccccc2c1-c1ccccc1. The predicted octanol–water partition coefficient (Wildman–Crippen LogP) is 5.00. The zero-order valence-electron chi connectivity index (χ0n) is 16.4. The average molecular weight is 417 g/mol. The molecular weight excluding hydrogens is 396 g/mol. The summed E-state index contributed by atoms with van der Waals surface area (Å²) in [7, 11) is 0. The Hall–Kier alpha value is -3.38. The first kappa shape index (κ1) is 19.9. The van der Waals surface area contributed by atoms with E-state index in [0.717, 1.165) is 26.8 Å². The number of benzene rings is 2. The Morgan fingerprint density at radius 3 is 2.53 bits per heavy atom. The number of thioether (sulfide) groups is 1. The van der Waals surface area contributed by atoms with Crippen LogP contribution < -0.4 is 4.73 Å². The van der Waals surface area contributed by atoms with E-state index >= 15 is 0 Å². The van der Waals surface area contributed by atoms with Crippen molar-refractivity contribution >= 4 is 28.6 Å². The lowest BCUT2D eigenvalue weighted by Gasteiger charge is -2.16. The summed E-state index contributed by atoms with van der Waals surface area (Å²) >= 11 is 1.34. The van der Waals surface area contributed by atoms with Crippen molar-refractivity contribution < 1.29 is 14.3 Å². The van der Waals surface area contributed by atoms with Crippen molar-refractivity contribution in [2.45, 2.75) is 17.7 Å². The summed E-state index contributed by atoms with van der Waals surface area (Å²) in [4.78, 5) is 17.8. The second-order valence-corrected chi connectivity index (χ2v) is 7.56. The van der Waals surface area contributed by atoms with Gasteiger partial charge in [0.05, 0.1) is 23.4 Å². The summed E-state index contributed by atoms with van der Waals surface area (Å²) in [6.45, 7) is 2.05. The first-order chi connectivity index (χ1) is 14.7. The van der Waals surface area contributed by atoms with Gasteiger partial charge in [0, 0.05) is 28.8 Å². The molecule has 0 fully saturated rings. The molecule has 4 aromatic rings. The van der Waals surface area contributed by atoms with Crippen molar-refractivity contribution in [3.63, 3.8) is 0 Å². The Bertz CT molecular complexity index is 1200. The van der Waals surface area contributed by atoms with Gasteiger partial charge < -0.3 is 9.94 Å². The number of ether oxygens (including phenoxy) is 1. The van der Waals surface area contributed by atoms with Gasteiger partial charge >= 0.3 is 5.97 Å². The van der Waals surface area contributed by atoms with Crippen LogP contribution in [0.1, 0.15) is 23.0 Å². The van der Waals surface area contributed by atoms with Gasteiger partial charge in [-0.05, 0) is 36.4 Å². The Labute approximate surface area is 178 Å². The fourth-order valence-corrected chi connectivity index (χ4v) is 4.22. The van der Waals surface area contributed by atoms with E-state index in [1.165, 1.54) is 18.0 Å². The maximum absolute atomic E-state index is 13.0. The lowest BCUT2D eigenvalue weighted by Crippen LogP contribution is -2.27. The van der Waals surface area contributed by atoms with Gasteiger partial charge in [-0.15, -0.1) is 0 Å². The average Bonchev–Trinajstić information content (AvgIpc) is 2.78. The number of esters is 1. The number of hydrogen-bond donors (Lipinski definition) is 0. The van der Waals surface area contributed by atoms with Crippen LogP contribution in [0.5, 0.6) is 0 Å². The van der Waals surface area contributed by atoms with Gasteiger partial charge in [-0.2, -0.15) is 4.73 Å². The molecule has 2 aromatic heterocycles. The van der Waals surface area contributed by atoms with E-state index in [4.69, 9.17) is 9.72 Å². The van der Waals surface area contributed by atoms with E-state index in [2.05, 4.69) is 0 Å². The van der Waals surface area contributed by atoms with Crippen LogP contribution >= 0.6 is 11.8 Å². The molecule has 30 heavy (non-hydrogen) atoms. The number of nitrogens with zero attached hydrogens (tertiary/aromatic N) is 2. The van der Waals surface area contributed by atoms with Gasteiger partial charge in [0.2, 0.25) is 0 Å². The van der Waals surface area contributed by atoms with Crippen LogP contribution in [0.15, 0.2) is 84.0 Å². The number of carbonyl (C=O) groups is 1. The summed E-state index contributed by atoms with van der Waals surface area (Å²) in [5.74, 6) is -0.0429. The molecule has 4 rings (SSSR count). The Balaban J connectivity index is 1.91. The van der Waals surface area contributed by atoms with Crippen LogP contribution in [0.25, 0.3) is 22.0 Å². The van der Waals surface area contributed by atoms with Gasteiger partial charge in [-0.25, -0.2) is 4.79 Å². The normalized spacial score (nSPS) is 10.8. The summed E-state index contributed by atoms with van der Waals surface area (Å²) < 4.78 is 6.21. The summed E-state index contributed by atoms with van der Waals surface area (Å²) in [5.41, 5.74) is 3.56. The van der Waals surface area contributed by atoms with E-state index in [9.17, 15) is 10.0 Å². The Morgan fingerprint density at radius 1 is 1.03 bits per heavy atom. The van der Waals surface area contributed by atoms with Gasteiger partial charge in [0.1, 0.15) is 0 Å². The molecule has 2 heterocycles. The molecular formula is C24H20N2O3S. The van der Waals surface area contributed by atoms with E-state index in [-0.39, 0.29) is 6.61 Å². The molecule has 0 unspecified atom stereocenters. The maximum Gasteiger partial charge on any atom is 0.340 e. The zero-order chi connectivity index (χ0) is 20.9. The highest BCUT2D eigenvalue weighted by Gasteiger charge is 2.24. The minimum atomic E-state index is -0.409. The quantitative estimate of drug-likeness (QED) is 0.191. The molecule has 0 aliphatic carbocycles. The fourth-order valence-electron chi connectivity index (χ4n) is 3.36. The van der Waals surface area contributed by atoms with Crippen LogP contribution in [0.3, 0.4) is 0 Å². The number of hydrogen-bond acceptors (Lipinski definition) is 5. The topological polar surface area (TPSA) is 66.1 Å². The van der Waals surface area contributed by atoms with Gasteiger partial charge in [-0.3, -0.25) is 4.98 Å².